The van der Waals surface area contributed by atoms with Crippen molar-refractivity contribution in [1.29, 1.82) is 0 Å². The molecule has 0 aromatic heterocycles. The Balaban J connectivity index is 2.62. The van der Waals surface area contributed by atoms with Gasteiger partial charge in [0.25, 0.3) is 0 Å². The lowest BCUT2D eigenvalue weighted by molar-refractivity contribution is 0.102. The smallest absolute Gasteiger partial charge is 0.174 e. The number of Topliss-reactive ketones (excluding diaryl/α,β-unsaturated/α-hetero) is 1. The summed E-state index contributed by atoms with van der Waals surface area (Å²) >= 11 is 3.24. The van der Waals surface area contributed by atoms with Gasteiger partial charge in [-0.1, -0.05) is 64.5 Å². The number of alkyl halides is 1. The van der Waals surface area contributed by atoms with Crippen molar-refractivity contribution in [2.24, 2.45) is 0 Å². The van der Waals surface area contributed by atoms with Gasteiger partial charge in [0.2, 0.25) is 0 Å². The maximum absolute atomic E-state index is 12.0. The van der Waals surface area contributed by atoms with Crippen LogP contribution in [0, 0.1) is 6.92 Å². The van der Waals surface area contributed by atoms with Crippen LogP contribution < -0.4 is 0 Å². The first-order chi connectivity index (χ1) is 8.24. The van der Waals surface area contributed by atoms with Crippen molar-refractivity contribution in [3.05, 3.63) is 59.7 Å². The molecule has 17 heavy (non-hydrogen) atoms. The van der Waals surface area contributed by atoms with Crippen LogP contribution in [0.25, 0.3) is 11.1 Å². The minimum absolute atomic E-state index is 0.127. The second-order valence-electron chi connectivity index (χ2n) is 3.92. The number of halogens is 1. The van der Waals surface area contributed by atoms with Gasteiger partial charge in [0.15, 0.2) is 5.78 Å². The molecule has 2 aromatic carbocycles. The maximum atomic E-state index is 12.0. The average molecular weight is 289 g/mol. The molecule has 0 saturated heterocycles. The molecule has 0 bridgehead atoms. The third kappa shape index (κ3) is 2.47. The van der Waals surface area contributed by atoms with Gasteiger partial charge in [-0.05, 0) is 23.6 Å². The number of carbonyl (C=O) groups is 1. The van der Waals surface area contributed by atoms with Crippen molar-refractivity contribution < 1.29 is 4.79 Å². The van der Waals surface area contributed by atoms with Gasteiger partial charge < -0.3 is 0 Å². The summed E-state index contributed by atoms with van der Waals surface area (Å²) in [4.78, 5) is 12.0. The van der Waals surface area contributed by atoms with Gasteiger partial charge in [-0.25, -0.2) is 0 Å². The van der Waals surface area contributed by atoms with Crippen LogP contribution in [0.15, 0.2) is 48.5 Å². The van der Waals surface area contributed by atoms with E-state index in [-0.39, 0.29) is 5.78 Å². The molecule has 0 aliphatic rings. The van der Waals surface area contributed by atoms with Crippen LogP contribution in [0.5, 0.6) is 0 Å². The van der Waals surface area contributed by atoms with Crippen molar-refractivity contribution in [2.75, 3.05) is 5.33 Å². The summed E-state index contributed by atoms with van der Waals surface area (Å²) in [5.74, 6) is 0.127. The molecule has 0 spiro atoms. The Hall–Kier alpha value is -1.41. The number of hydrogen-bond donors (Lipinski definition) is 0. The molecule has 0 aliphatic carbocycles. The van der Waals surface area contributed by atoms with Crippen molar-refractivity contribution in [3.8, 4) is 11.1 Å². The SMILES string of the molecule is Cc1cccc(-c2ccccc2)c1C(=O)CBr. The fourth-order valence-corrected chi connectivity index (χ4v) is 2.24. The second-order valence-corrected chi connectivity index (χ2v) is 4.48. The fourth-order valence-electron chi connectivity index (χ4n) is 1.96. The lowest BCUT2D eigenvalue weighted by Gasteiger charge is -2.10. The van der Waals surface area contributed by atoms with E-state index in [1.165, 1.54) is 0 Å². The molecule has 0 atom stereocenters. The molecule has 2 heteroatoms. The standard InChI is InChI=1S/C15H13BrO/c1-11-6-5-9-13(15(11)14(17)10-16)12-7-3-2-4-8-12/h2-9H,10H2,1H3. The van der Waals surface area contributed by atoms with Crippen LogP contribution in [0.4, 0.5) is 0 Å². The Kier molecular flexibility index (Phi) is 3.75. The summed E-state index contributed by atoms with van der Waals surface area (Å²) < 4.78 is 0. The molecule has 0 amide bonds. The maximum Gasteiger partial charge on any atom is 0.174 e. The van der Waals surface area contributed by atoms with E-state index in [1.54, 1.807) is 0 Å². The molecular weight excluding hydrogens is 276 g/mol. The number of aryl methyl sites for hydroxylation is 1. The summed E-state index contributed by atoms with van der Waals surface area (Å²) in [6.45, 7) is 1.97. The van der Waals surface area contributed by atoms with Gasteiger partial charge in [0, 0.05) is 5.56 Å². The average Bonchev–Trinajstić information content (AvgIpc) is 2.38. The molecule has 1 nitrogen and oxygen atoms in total. The molecule has 0 saturated carbocycles. The van der Waals surface area contributed by atoms with Gasteiger partial charge in [-0.2, -0.15) is 0 Å². The molecule has 0 fully saturated rings. The molecule has 2 rings (SSSR count). The first-order valence-electron chi connectivity index (χ1n) is 5.48. The van der Waals surface area contributed by atoms with E-state index in [0.29, 0.717) is 5.33 Å². The van der Waals surface area contributed by atoms with E-state index < -0.39 is 0 Å². The minimum Gasteiger partial charge on any atom is -0.293 e. The van der Waals surface area contributed by atoms with Gasteiger partial charge >= 0.3 is 0 Å². The first kappa shape index (κ1) is 12.1. The van der Waals surface area contributed by atoms with E-state index in [0.717, 1.165) is 22.3 Å². The molecule has 0 N–H and O–H groups in total. The van der Waals surface area contributed by atoms with Crippen molar-refractivity contribution in [1.82, 2.24) is 0 Å². The number of carbonyl (C=O) groups excluding carboxylic acids is 1. The minimum atomic E-state index is 0.127. The van der Waals surface area contributed by atoms with E-state index in [9.17, 15) is 4.79 Å². The highest BCUT2D eigenvalue weighted by atomic mass is 79.9. The Labute approximate surface area is 110 Å². The zero-order chi connectivity index (χ0) is 12.3. The van der Waals surface area contributed by atoms with E-state index in [1.807, 2.05) is 55.5 Å². The summed E-state index contributed by atoms with van der Waals surface area (Å²) in [5, 5.41) is 0.359. The predicted molar refractivity (Wildman–Crippen MR) is 74.7 cm³/mol. The molecule has 0 radical (unpaired) electrons. The largest absolute Gasteiger partial charge is 0.293 e. The number of hydrogen-bond acceptors (Lipinski definition) is 1. The normalized spacial score (nSPS) is 10.2. The first-order valence-corrected chi connectivity index (χ1v) is 6.60. The lowest BCUT2D eigenvalue weighted by Crippen LogP contribution is -2.05. The molecule has 2 aromatic rings. The van der Waals surface area contributed by atoms with Crippen LogP contribution in [0.3, 0.4) is 0 Å². The van der Waals surface area contributed by atoms with Gasteiger partial charge in [-0.3, -0.25) is 4.79 Å². The number of benzene rings is 2. The van der Waals surface area contributed by atoms with Gasteiger partial charge in [0.1, 0.15) is 0 Å². The summed E-state index contributed by atoms with van der Waals surface area (Å²) in [6.07, 6.45) is 0. The second kappa shape index (κ2) is 5.28. The molecule has 86 valence electrons. The fraction of sp³-hybridized carbons (Fsp3) is 0.133. The zero-order valence-electron chi connectivity index (χ0n) is 9.61. The summed E-state index contributed by atoms with van der Waals surface area (Å²) in [5.41, 5.74) is 3.93. The number of rotatable bonds is 3. The lowest BCUT2D eigenvalue weighted by atomic mass is 9.94. The highest BCUT2D eigenvalue weighted by molar-refractivity contribution is 9.09. The summed E-state index contributed by atoms with van der Waals surface area (Å²) in [6, 6.07) is 16.0. The summed E-state index contributed by atoms with van der Waals surface area (Å²) in [7, 11) is 0. The van der Waals surface area contributed by atoms with E-state index in [4.69, 9.17) is 0 Å². The molecule has 0 heterocycles. The molecule has 0 aliphatic heterocycles. The van der Waals surface area contributed by atoms with Crippen molar-refractivity contribution in [3.63, 3.8) is 0 Å². The van der Waals surface area contributed by atoms with E-state index in [2.05, 4.69) is 15.9 Å². The third-order valence-corrected chi connectivity index (χ3v) is 3.27. The Morgan fingerprint density at radius 3 is 2.41 bits per heavy atom. The van der Waals surface area contributed by atoms with Crippen LogP contribution in [-0.4, -0.2) is 11.1 Å². The molecule has 0 unspecified atom stereocenters. The van der Waals surface area contributed by atoms with Gasteiger partial charge in [-0.15, -0.1) is 0 Å². The Bertz CT molecular complexity index is 532. The number of ketones is 1. The zero-order valence-corrected chi connectivity index (χ0v) is 11.2. The van der Waals surface area contributed by atoms with Crippen LogP contribution in [0.2, 0.25) is 0 Å². The van der Waals surface area contributed by atoms with Crippen LogP contribution >= 0.6 is 15.9 Å². The highest BCUT2D eigenvalue weighted by Gasteiger charge is 2.13. The Morgan fingerprint density at radius 2 is 1.76 bits per heavy atom. The third-order valence-electron chi connectivity index (χ3n) is 2.76. The van der Waals surface area contributed by atoms with Crippen molar-refractivity contribution in [2.45, 2.75) is 6.92 Å². The predicted octanol–water partition coefficient (Wildman–Crippen LogP) is 4.24. The molecular formula is C15H13BrO. The van der Waals surface area contributed by atoms with Crippen LogP contribution in [-0.2, 0) is 0 Å². The van der Waals surface area contributed by atoms with Gasteiger partial charge in [0.05, 0.1) is 5.33 Å². The van der Waals surface area contributed by atoms with E-state index >= 15 is 0 Å². The highest BCUT2D eigenvalue weighted by Crippen LogP contribution is 2.26. The topological polar surface area (TPSA) is 17.1 Å². The quantitative estimate of drug-likeness (QED) is 0.610. The van der Waals surface area contributed by atoms with Crippen molar-refractivity contribution >= 4 is 21.7 Å². The Morgan fingerprint density at radius 1 is 1.06 bits per heavy atom. The van der Waals surface area contributed by atoms with Crippen LogP contribution in [0.1, 0.15) is 15.9 Å². The monoisotopic (exact) mass is 288 g/mol.